The average molecular weight is 217 g/mol. The molecule has 1 aliphatic heterocycles. The molecule has 0 amide bonds. The minimum Gasteiger partial charge on any atom is -0.481 e. The van der Waals surface area contributed by atoms with Crippen LogP contribution in [0.25, 0.3) is 0 Å². The lowest BCUT2D eigenvalue weighted by molar-refractivity contribution is -0.151. The molecule has 1 saturated heterocycles. The molecule has 3 fully saturated rings. The van der Waals surface area contributed by atoms with E-state index in [0.29, 0.717) is 0 Å². The third kappa shape index (κ3) is 0.764. The lowest BCUT2D eigenvalue weighted by atomic mass is 9.80. The van der Waals surface area contributed by atoms with E-state index in [9.17, 15) is 9.59 Å². The molecule has 0 radical (unpaired) electrons. The second kappa shape index (κ2) is 2.42. The third-order valence-electron chi connectivity index (χ3n) is 3.81. The average Bonchev–Trinajstić information content (AvgIpc) is 2.67. The Labute approximate surface area is 85.2 Å². The molecule has 2 aliphatic carbocycles. The van der Waals surface area contributed by atoms with Gasteiger partial charge in [-0.1, -0.05) is 0 Å². The van der Waals surface area contributed by atoms with Crippen LogP contribution in [0.4, 0.5) is 0 Å². The lowest BCUT2D eigenvalue weighted by Gasteiger charge is -2.24. The molecule has 1 N–H and O–H groups in total. The number of hydrogen-bond acceptors (Lipinski definition) is 3. The number of fused-ring (bicyclic) bond motifs is 1. The molecule has 4 nitrogen and oxygen atoms in total. The van der Waals surface area contributed by atoms with E-state index in [1.54, 1.807) is 0 Å². The van der Waals surface area contributed by atoms with Crippen LogP contribution in [0.5, 0.6) is 0 Å². The highest BCUT2D eigenvalue weighted by Crippen LogP contribution is 2.59. The maximum absolute atomic E-state index is 11.4. The molecule has 3 aliphatic rings. The van der Waals surface area contributed by atoms with Crippen LogP contribution in [0.2, 0.25) is 0 Å². The standard InChI is InChI=1S/C9H9ClO4/c10-6-2-1-3-5(4(2)8(11)12)9(13)14-7(3)6/h2-7H,1H2,(H,11,12)/t2-,3+,4+,5+,6-,7+/m0/s1. The minimum atomic E-state index is -0.912. The van der Waals surface area contributed by atoms with Gasteiger partial charge in [0.25, 0.3) is 0 Å². The highest BCUT2D eigenvalue weighted by atomic mass is 35.5. The third-order valence-corrected chi connectivity index (χ3v) is 4.38. The largest absolute Gasteiger partial charge is 0.481 e. The minimum absolute atomic E-state index is 0.0519. The quantitative estimate of drug-likeness (QED) is 0.512. The Hall–Kier alpha value is -0.770. The van der Waals surface area contributed by atoms with Gasteiger partial charge in [0.05, 0.1) is 17.2 Å². The summed E-state index contributed by atoms with van der Waals surface area (Å²) in [7, 11) is 0. The van der Waals surface area contributed by atoms with Crippen molar-refractivity contribution in [3.05, 3.63) is 0 Å². The first-order valence-corrected chi connectivity index (χ1v) is 5.12. The van der Waals surface area contributed by atoms with Gasteiger partial charge in [-0.3, -0.25) is 9.59 Å². The van der Waals surface area contributed by atoms with Crippen molar-refractivity contribution >= 4 is 23.5 Å². The van der Waals surface area contributed by atoms with Crippen LogP contribution in [-0.2, 0) is 14.3 Å². The molecule has 1 heterocycles. The first-order chi connectivity index (χ1) is 6.61. The van der Waals surface area contributed by atoms with Crippen LogP contribution in [0.3, 0.4) is 0 Å². The van der Waals surface area contributed by atoms with Crippen molar-refractivity contribution < 1.29 is 19.4 Å². The van der Waals surface area contributed by atoms with E-state index in [1.165, 1.54) is 0 Å². The van der Waals surface area contributed by atoms with Gasteiger partial charge in [-0.15, -0.1) is 11.6 Å². The number of carbonyl (C=O) groups is 2. The molecule has 6 atom stereocenters. The fourth-order valence-electron chi connectivity index (χ4n) is 3.31. The van der Waals surface area contributed by atoms with Crippen molar-refractivity contribution in [2.45, 2.75) is 17.9 Å². The Morgan fingerprint density at radius 3 is 2.86 bits per heavy atom. The van der Waals surface area contributed by atoms with E-state index >= 15 is 0 Å². The molecular weight excluding hydrogens is 208 g/mol. The van der Waals surface area contributed by atoms with Gasteiger partial charge in [0.1, 0.15) is 6.10 Å². The fraction of sp³-hybridized carbons (Fsp3) is 0.778. The summed E-state index contributed by atoms with van der Waals surface area (Å²) in [5, 5.41) is 8.72. The van der Waals surface area contributed by atoms with E-state index in [0.717, 1.165) is 6.42 Å². The molecule has 0 aromatic heterocycles. The van der Waals surface area contributed by atoms with Crippen molar-refractivity contribution in [1.29, 1.82) is 0 Å². The van der Waals surface area contributed by atoms with E-state index < -0.39 is 17.8 Å². The van der Waals surface area contributed by atoms with Gasteiger partial charge in [0.2, 0.25) is 0 Å². The first kappa shape index (κ1) is 8.53. The highest BCUT2D eigenvalue weighted by Gasteiger charge is 2.68. The number of ether oxygens (including phenoxy) is 1. The summed E-state index contributed by atoms with van der Waals surface area (Å²) in [6, 6.07) is 0. The first-order valence-electron chi connectivity index (χ1n) is 4.68. The van der Waals surface area contributed by atoms with E-state index in [2.05, 4.69) is 0 Å². The maximum atomic E-state index is 11.4. The lowest BCUT2D eigenvalue weighted by Crippen LogP contribution is -2.38. The Bertz CT molecular complexity index is 329. The zero-order chi connectivity index (χ0) is 10.0. The van der Waals surface area contributed by atoms with Gasteiger partial charge in [0, 0.05) is 5.92 Å². The molecule has 3 rings (SSSR count). The van der Waals surface area contributed by atoms with E-state index in [-0.39, 0.29) is 29.3 Å². The summed E-state index contributed by atoms with van der Waals surface area (Å²) in [5.74, 6) is -2.36. The maximum Gasteiger partial charge on any atom is 0.310 e. The van der Waals surface area contributed by atoms with Crippen molar-refractivity contribution in [3.63, 3.8) is 0 Å². The van der Waals surface area contributed by atoms with Gasteiger partial charge in [0.15, 0.2) is 0 Å². The number of alkyl halides is 1. The molecule has 0 unspecified atom stereocenters. The summed E-state index contributed by atoms with van der Waals surface area (Å²) in [5.41, 5.74) is 0. The van der Waals surface area contributed by atoms with E-state index in [4.69, 9.17) is 21.4 Å². The number of rotatable bonds is 1. The van der Waals surface area contributed by atoms with Crippen molar-refractivity contribution in [1.82, 2.24) is 0 Å². The summed E-state index contributed by atoms with van der Waals surface area (Å²) in [4.78, 5) is 22.4. The molecule has 76 valence electrons. The number of aliphatic carboxylic acids is 1. The number of esters is 1. The van der Waals surface area contributed by atoms with Crippen LogP contribution in [-0.4, -0.2) is 28.5 Å². The van der Waals surface area contributed by atoms with Crippen molar-refractivity contribution in [2.75, 3.05) is 0 Å². The summed E-state index contributed by atoms with van der Waals surface area (Å²) in [6.45, 7) is 0. The Kier molecular flexibility index (Phi) is 1.48. The monoisotopic (exact) mass is 216 g/mol. The number of hydrogen-bond donors (Lipinski definition) is 1. The Morgan fingerprint density at radius 1 is 1.50 bits per heavy atom. The molecule has 14 heavy (non-hydrogen) atoms. The second-order valence-corrected chi connectivity index (χ2v) is 4.80. The van der Waals surface area contributed by atoms with Crippen LogP contribution < -0.4 is 0 Å². The Morgan fingerprint density at radius 2 is 2.21 bits per heavy atom. The van der Waals surface area contributed by atoms with Crippen molar-refractivity contribution in [3.8, 4) is 0 Å². The predicted molar refractivity (Wildman–Crippen MR) is 45.7 cm³/mol. The molecule has 2 saturated carbocycles. The summed E-state index contributed by atoms with van der Waals surface area (Å²) in [6.07, 6.45) is 0.501. The van der Waals surface area contributed by atoms with Crippen LogP contribution in [0, 0.1) is 23.7 Å². The smallest absolute Gasteiger partial charge is 0.310 e. The zero-order valence-electron chi connectivity index (χ0n) is 7.22. The predicted octanol–water partition coefficient (Wildman–Crippen LogP) is 0.486. The number of carbonyl (C=O) groups excluding carboxylic acids is 1. The second-order valence-electron chi connectivity index (χ2n) is 4.30. The SMILES string of the molecule is O=C(O)[C@@H]1[C@@H]2C[C@H]3[C@@H](OC(=O)[C@H]31)[C@H]2Cl. The summed E-state index contributed by atoms with van der Waals surface area (Å²) < 4.78 is 5.10. The van der Waals surface area contributed by atoms with Gasteiger partial charge in [-0.2, -0.15) is 0 Å². The highest BCUT2D eigenvalue weighted by molar-refractivity contribution is 6.22. The zero-order valence-corrected chi connectivity index (χ0v) is 7.98. The van der Waals surface area contributed by atoms with Gasteiger partial charge in [-0.25, -0.2) is 0 Å². The molecule has 0 aromatic carbocycles. The van der Waals surface area contributed by atoms with Crippen LogP contribution >= 0.6 is 11.6 Å². The van der Waals surface area contributed by atoms with Gasteiger partial charge >= 0.3 is 11.9 Å². The van der Waals surface area contributed by atoms with E-state index in [1.807, 2.05) is 0 Å². The molecule has 0 aromatic rings. The number of halogens is 1. The van der Waals surface area contributed by atoms with Crippen LogP contribution in [0.1, 0.15) is 6.42 Å². The Balaban J connectivity index is 2.04. The van der Waals surface area contributed by atoms with Gasteiger partial charge in [-0.05, 0) is 12.3 Å². The van der Waals surface area contributed by atoms with Crippen LogP contribution in [0.15, 0.2) is 0 Å². The molecule has 5 heteroatoms. The van der Waals surface area contributed by atoms with Crippen molar-refractivity contribution in [2.24, 2.45) is 23.7 Å². The molecular formula is C9H9ClO4. The topological polar surface area (TPSA) is 63.6 Å². The molecule has 0 spiro atoms. The fourth-order valence-corrected chi connectivity index (χ4v) is 3.81. The molecule has 2 bridgehead atoms. The van der Waals surface area contributed by atoms with Gasteiger partial charge < -0.3 is 9.84 Å². The normalized spacial score (nSPS) is 53.6. The summed E-state index contributed by atoms with van der Waals surface area (Å²) >= 11 is 6.07. The number of carboxylic acid groups (broad SMARTS) is 1. The number of carboxylic acids is 1.